The Balaban J connectivity index is 1.96. The van der Waals surface area contributed by atoms with Gasteiger partial charge in [0.1, 0.15) is 5.75 Å². The van der Waals surface area contributed by atoms with Gasteiger partial charge in [0, 0.05) is 12.1 Å². The zero-order chi connectivity index (χ0) is 15.9. The van der Waals surface area contributed by atoms with E-state index in [4.69, 9.17) is 4.74 Å². The lowest BCUT2D eigenvalue weighted by Gasteiger charge is -2.01. The number of nitro groups is 1. The highest BCUT2D eigenvalue weighted by Gasteiger charge is 2.29. The topological polar surface area (TPSA) is 69.4 Å². The molecule has 3 rings (SSSR count). The zero-order valence-electron chi connectivity index (χ0n) is 12.1. The maximum absolute atomic E-state index is 12.4. The van der Waals surface area contributed by atoms with Gasteiger partial charge in [-0.1, -0.05) is 6.07 Å². The van der Waals surface area contributed by atoms with E-state index in [2.05, 4.69) is 0 Å². The van der Waals surface area contributed by atoms with Crippen LogP contribution in [-0.4, -0.2) is 10.7 Å². The van der Waals surface area contributed by atoms with E-state index in [1.807, 2.05) is 26.0 Å². The molecule has 0 amide bonds. The Bertz CT molecular complexity index is 819. The summed E-state index contributed by atoms with van der Waals surface area (Å²) in [7, 11) is 0. The van der Waals surface area contributed by atoms with Gasteiger partial charge in [0.05, 0.1) is 10.5 Å². The van der Waals surface area contributed by atoms with Gasteiger partial charge in [-0.15, -0.1) is 0 Å². The average Bonchev–Trinajstić information content (AvgIpc) is 2.75. The number of non-ortho nitro benzene ring substituents is 1. The van der Waals surface area contributed by atoms with Gasteiger partial charge in [-0.2, -0.15) is 0 Å². The summed E-state index contributed by atoms with van der Waals surface area (Å²) in [6.45, 7) is 3.82. The first-order valence-electron chi connectivity index (χ1n) is 6.75. The highest BCUT2D eigenvalue weighted by Crippen LogP contribution is 2.35. The number of nitrogens with zero attached hydrogens (tertiary/aromatic N) is 1. The van der Waals surface area contributed by atoms with Gasteiger partial charge in [0.15, 0.2) is 5.76 Å². The van der Waals surface area contributed by atoms with Crippen LogP contribution in [0.5, 0.6) is 5.75 Å². The third kappa shape index (κ3) is 2.37. The van der Waals surface area contributed by atoms with Crippen molar-refractivity contribution in [2.75, 3.05) is 0 Å². The SMILES string of the molecule is Cc1cc(C)c2c(c1)O/C(=C/c1ccc([N+](=O)[O-])cc1)C2=O. The van der Waals surface area contributed by atoms with Crippen molar-refractivity contribution in [3.8, 4) is 5.75 Å². The molecule has 2 aromatic rings. The zero-order valence-corrected chi connectivity index (χ0v) is 12.1. The van der Waals surface area contributed by atoms with Crippen molar-refractivity contribution in [3.63, 3.8) is 0 Å². The number of allylic oxidation sites excluding steroid dienone is 1. The lowest BCUT2D eigenvalue weighted by Crippen LogP contribution is -1.99. The molecule has 5 nitrogen and oxygen atoms in total. The smallest absolute Gasteiger partial charge is 0.269 e. The number of rotatable bonds is 2. The number of ketones is 1. The first kappa shape index (κ1) is 14.0. The molecular weight excluding hydrogens is 282 g/mol. The Labute approximate surface area is 127 Å². The quantitative estimate of drug-likeness (QED) is 0.479. The van der Waals surface area contributed by atoms with E-state index < -0.39 is 4.92 Å². The van der Waals surface area contributed by atoms with Crippen LogP contribution in [0.3, 0.4) is 0 Å². The van der Waals surface area contributed by atoms with Gasteiger partial charge in [0.25, 0.3) is 5.69 Å². The van der Waals surface area contributed by atoms with Crippen LogP contribution in [0.1, 0.15) is 27.0 Å². The lowest BCUT2D eigenvalue weighted by atomic mass is 10.0. The molecule has 0 aromatic heterocycles. The minimum atomic E-state index is -0.462. The van der Waals surface area contributed by atoms with Crippen LogP contribution >= 0.6 is 0 Å². The molecule has 0 bridgehead atoms. The van der Waals surface area contributed by atoms with Crippen LogP contribution in [-0.2, 0) is 0 Å². The summed E-state index contributed by atoms with van der Waals surface area (Å²) in [5.41, 5.74) is 3.18. The third-order valence-electron chi connectivity index (χ3n) is 3.52. The van der Waals surface area contributed by atoms with E-state index in [0.29, 0.717) is 16.9 Å². The molecule has 0 N–H and O–H groups in total. The first-order valence-corrected chi connectivity index (χ1v) is 6.75. The van der Waals surface area contributed by atoms with Gasteiger partial charge in [-0.05, 0) is 54.8 Å². The molecule has 0 spiro atoms. The van der Waals surface area contributed by atoms with Gasteiger partial charge < -0.3 is 4.74 Å². The minimum absolute atomic E-state index is 0.00979. The average molecular weight is 295 g/mol. The van der Waals surface area contributed by atoms with E-state index in [9.17, 15) is 14.9 Å². The number of hydrogen-bond acceptors (Lipinski definition) is 4. The molecule has 0 saturated carbocycles. The second-order valence-corrected chi connectivity index (χ2v) is 5.24. The number of benzene rings is 2. The van der Waals surface area contributed by atoms with Crippen LogP contribution in [0.25, 0.3) is 6.08 Å². The van der Waals surface area contributed by atoms with Crippen LogP contribution in [0, 0.1) is 24.0 Å². The Morgan fingerprint density at radius 3 is 2.45 bits per heavy atom. The largest absolute Gasteiger partial charge is 0.452 e. The number of ether oxygens (including phenoxy) is 1. The molecule has 0 atom stereocenters. The fourth-order valence-electron chi connectivity index (χ4n) is 2.53. The summed E-state index contributed by atoms with van der Waals surface area (Å²) >= 11 is 0. The third-order valence-corrected chi connectivity index (χ3v) is 3.52. The molecule has 5 heteroatoms. The van der Waals surface area contributed by atoms with Crippen LogP contribution in [0.4, 0.5) is 5.69 Å². The molecule has 0 aliphatic carbocycles. The predicted octanol–water partition coefficient (Wildman–Crippen LogP) is 3.83. The van der Waals surface area contributed by atoms with E-state index in [0.717, 1.165) is 11.1 Å². The molecule has 0 radical (unpaired) electrons. The monoisotopic (exact) mass is 295 g/mol. The number of fused-ring (bicyclic) bond motifs is 1. The number of carbonyl (C=O) groups is 1. The predicted molar refractivity (Wildman–Crippen MR) is 81.9 cm³/mol. The molecule has 110 valence electrons. The summed E-state index contributed by atoms with van der Waals surface area (Å²) < 4.78 is 5.64. The summed E-state index contributed by atoms with van der Waals surface area (Å²) in [6, 6.07) is 9.74. The number of carbonyl (C=O) groups excluding carboxylic acids is 1. The maximum Gasteiger partial charge on any atom is 0.269 e. The van der Waals surface area contributed by atoms with Crippen molar-refractivity contribution in [1.29, 1.82) is 0 Å². The van der Waals surface area contributed by atoms with Crippen molar-refractivity contribution in [2.24, 2.45) is 0 Å². The number of Topliss-reactive ketones (excluding diaryl/α,β-unsaturated/α-hetero) is 1. The Morgan fingerprint density at radius 2 is 1.82 bits per heavy atom. The van der Waals surface area contributed by atoms with Crippen LogP contribution in [0.15, 0.2) is 42.2 Å². The maximum atomic E-state index is 12.4. The highest BCUT2D eigenvalue weighted by molar-refractivity contribution is 6.15. The van der Waals surface area contributed by atoms with E-state index >= 15 is 0 Å². The molecule has 0 unspecified atom stereocenters. The molecule has 0 fully saturated rings. The standard InChI is InChI=1S/C17H13NO4/c1-10-7-11(2)16-14(8-10)22-15(17(16)19)9-12-3-5-13(6-4-12)18(20)21/h3-9H,1-2H3/b15-9+. The van der Waals surface area contributed by atoms with Crippen molar-refractivity contribution >= 4 is 17.5 Å². The minimum Gasteiger partial charge on any atom is -0.452 e. The van der Waals surface area contributed by atoms with Crippen molar-refractivity contribution in [1.82, 2.24) is 0 Å². The number of aryl methyl sites for hydroxylation is 2. The van der Waals surface area contributed by atoms with Gasteiger partial charge >= 0.3 is 0 Å². The molecule has 0 saturated heterocycles. The normalized spacial score (nSPS) is 14.8. The molecule has 22 heavy (non-hydrogen) atoms. The number of hydrogen-bond donors (Lipinski definition) is 0. The van der Waals surface area contributed by atoms with E-state index in [1.54, 1.807) is 18.2 Å². The fraction of sp³-hybridized carbons (Fsp3) is 0.118. The second-order valence-electron chi connectivity index (χ2n) is 5.24. The van der Waals surface area contributed by atoms with Crippen molar-refractivity contribution < 1.29 is 14.5 Å². The van der Waals surface area contributed by atoms with Crippen molar-refractivity contribution in [2.45, 2.75) is 13.8 Å². The molecule has 1 heterocycles. The Morgan fingerprint density at radius 1 is 1.14 bits per heavy atom. The highest BCUT2D eigenvalue weighted by atomic mass is 16.6. The van der Waals surface area contributed by atoms with E-state index in [-0.39, 0.29) is 17.2 Å². The summed E-state index contributed by atoms with van der Waals surface area (Å²) in [6.07, 6.45) is 1.60. The van der Waals surface area contributed by atoms with Crippen molar-refractivity contribution in [3.05, 3.63) is 74.5 Å². The van der Waals surface area contributed by atoms with Crippen LogP contribution in [0.2, 0.25) is 0 Å². The number of nitro benzene ring substituents is 1. The molecule has 1 aliphatic rings. The molecule has 2 aromatic carbocycles. The van der Waals surface area contributed by atoms with E-state index in [1.165, 1.54) is 12.1 Å². The van der Waals surface area contributed by atoms with Gasteiger partial charge in [0.2, 0.25) is 5.78 Å². The van der Waals surface area contributed by atoms with Gasteiger partial charge in [-0.3, -0.25) is 14.9 Å². The first-order chi connectivity index (χ1) is 10.5. The Hall–Kier alpha value is -2.95. The Kier molecular flexibility index (Phi) is 3.25. The fourth-order valence-corrected chi connectivity index (χ4v) is 2.53. The second kappa shape index (κ2) is 5.11. The van der Waals surface area contributed by atoms with Crippen LogP contribution < -0.4 is 4.74 Å². The summed E-state index contributed by atoms with van der Waals surface area (Å²) in [5, 5.41) is 10.6. The lowest BCUT2D eigenvalue weighted by molar-refractivity contribution is -0.384. The molecule has 1 aliphatic heterocycles. The van der Waals surface area contributed by atoms with Gasteiger partial charge in [-0.25, -0.2) is 0 Å². The molecular formula is C17H13NO4. The summed E-state index contributed by atoms with van der Waals surface area (Å²) in [4.78, 5) is 22.6. The summed E-state index contributed by atoms with van der Waals surface area (Å²) in [5.74, 6) is 0.638.